The fourth-order valence-electron chi connectivity index (χ4n) is 2.43. The Morgan fingerprint density at radius 3 is 2.67 bits per heavy atom. The molecule has 3 unspecified atom stereocenters. The lowest BCUT2D eigenvalue weighted by molar-refractivity contribution is -0.147. The van der Waals surface area contributed by atoms with Crippen LogP contribution in [-0.2, 0) is 9.53 Å². The van der Waals surface area contributed by atoms with Crippen molar-refractivity contribution in [3.05, 3.63) is 24.3 Å². The third kappa shape index (κ3) is 4.54. The van der Waals surface area contributed by atoms with Gasteiger partial charge in [0, 0.05) is 6.42 Å². The molecule has 1 saturated carbocycles. The van der Waals surface area contributed by atoms with Gasteiger partial charge >= 0.3 is 5.97 Å². The molecule has 0 aromatic carbocycles. The molecule has 0 spiro atoms. The second-order valence-electron chi connectivity index (χ2n) is 6.20. The normalized spacial score (nSPS) is 22.8. The number of carbonyl (C=O) groups is 1. The summed E-state index contributed by atoms with van der Waals surface area (Å²) in [6.07, 6.45) is 10.0. The van der Waals surface area contributed by atoms with E-state index in [1.54, 1.807) is 6.08 Å². The Hall–Kier alpha value is -1.93. The molecule has 21 heavy (non-hydrogen) atoms. The molecule has 3 atom stereocenters. The topological polar surface area (TPSA) is 26.3 Å². The minimum atomic E-state index is -0.758. The van der Waals surface area contributed by atoms with Gasteiger partial charge in [-0.05, 0) is 43.4 Å². The highest BCUT2D eigenvalue weighted by Gasteiger charge is 2.61. The van der Waals surface area contributed by atoms with Gasteiger partial charge in [-0.15, -0.1) is 13.0 Å². The number of terminal acetylenes is 1. The number of carbonyl (C=O) groups excluding carboxylic acids is 1. The molecule has 2 heteroatoms. The van der Waals surface area contributed by atoms with E-state index in [4.69, 9.17) is 11.2 Å². The molecular weight excluding hydrogens is 260 g/mol. The zero-order valence-electron chi connectivity index (χ0n) is 13.4. The van der Waals surface area contributed by atoms with Crippen LogP contribution < -0.4 is 0 Å². The summed E-state index contributed by atoms with van der Waals surface area (Å²) < 4.78 is 5.35. The maximum Gasteiger partial charge on any atom is 0.312 e. The van der Waals surface area contributed by atoms with E-state index in [1.165, 1.54) is 5.57 Å². The third-order valence-electron chi connectivity index (χ3n) is 3.77. The van der Waals surface area contributed by atoms with Crippen LogP contribution in [0.25, 0.3) is 0 Å². The SMILES string of the molecule is C#CC(C#CCCC=C)OC(=O)C1C(C=C(C)C)C1(C)C. The van der Waals surface area contributed by atoms with Gasteiger partial charge in [0.2, 0.25) is 6.10 Å². The minimum Gasteiger partial charge on any atom is -0.437 e. The van der Waals surface area contributed by atoms with Crippen molar-refractivity contribution >= 4 is 5.97 Å². The Labute approximate surface area is 128 Å². The highest BCUT2D eigenvalue weighted by atomic mass is 16.5. The van der Waals surface area contributed by atoms with Crippen LogP contribution in [0.15, 0.2) is 24.3 Å². The Balaban J connectivity index is 2.64. The number of unbranched alkanes of at least 4 members (excludes halogenated alkanes) is 1. The van der Waals surface area contributed by atoms with E-state index >= 15 is 0 Å². The number of hydrogen-bond donors (Lipinski definition) is 0. The van der Waals surface area contributed by atoms with Gasteiger partial charge in [0.1, 0.15) is 0 Å². The van der Waals surface area contributed by atoms with Crippen molar-refractivity contribution in [3.8, 4) is 24.2 Å². The van der Waals surface area contributed by atoms with E-state index in [2.05, 4.69) is 44.3 Å². The highest BCUT2D eigenvalue weighted by Crippen LogP contribution is 2.59. The van der Waals surface area contributed by atoms with E-state index in [0.717, 1.165) is 6.42 Å². The molecule has 1 fully saturated rings. The first-order valence-electron chi connectivity index (χ1n) is 7.25. The summed E-state index contributed by atoms with van der Waals surface area (Å²) in [7, 11) is 0. The summed E-state index contributed by atoms with van der Waals surface area (Å²) in [4.78, 5) is 12.2. The third-order valence-corrected chi connectivity index (χ3v) is 3.77. The Bertz CT molecular complexity index is 530. The average molecular weight is 284 g/mol. The molecule has 0 aliphatic heterocycles. The Morgan fingerprint density at radius 2 is 2.14 bits per heavy atom. The summed E-state index contributed by atoms with van der Waals surface area (Å²) in [5.74, 6) is 7.99. The van der Waals surface area contributed by atoms with Crippen LogP contribution in [0, 0.1) is 41.4 Å². The van der Waals surface area contributed by atoms with Gasteiger partial charge in [-0.25, -0.2) is 0 Å². The van der Waals surface area contributed by atoms with E-state index in [0.29, 0.717) is 6.42 Å². The Kier molecular flexibility index (Phi) is 5.86. The standard InChI is InChI=1S/C19H24O2/c1-7-9-10-11-12-15(8-2)21-18(20)17-16(13-14(3)4)19(17,5)6/h2,7,13,15-17H,1,9-10H2,3-6H3. The van der Waals surface area contributed by atoms with Crippen LogP contribution in [0.1, 0.15) is 40.5 Å². The monoisotopic (exact) mass is 284 g/mol. The summed E-state index contributed by atoms with van der Waals surface area (Å²) in [6, 6.07) is 0. The lowest BCUT2D eigenvalue weighted by atomic mass is 10.1. The number of ether oxygens (including phenoxy) is 1. The molecule has 1 aliphatic carbocycles. The predicted octanol–water partition coefficient (Wildman–Crippen LogP) is 3.74. The van der Waals surface area contributed by atoms with Gasteiger partial charge in [0.05, 0.1) is 5.92 Å². The minimum absolute atomic E-state index is 0.0657. The maximum absolute atomic E-state index is 12.2. The quantitative estimate of drug-likeness (QED) is 0.333. The van der Waals surface area contributed by atoms with Gasteiger partial charge in [-0.3, -0.25) is 4.79 Å². The summed E-state index contributed by atoms with van der Waals surface area (Å²) in [5.41, 5.74) is 1.14. The lowest BCUT2D eigenvalue weighted by Crippen LogP contribution is -2.18. The maximum atomic E-state index is 12.2. The van der Waals surface area contributed by atoms with Crippen LogP contribution >= 0.6 is 0 Å². The van der Waals surface area contributed by atoms with E-state index in [-0.39, 0.29) is 23.2 Å². The Morgan fingerprint density at radius 1 is 1.48 bits per heavy atom. The number of allylic oxidation sites excluding steroid dienone is 3. The van der Waals surface area contributed by atoms with Crippen molar-refractivity contribution in [1.29, 1.82) is 0 Å². The van der Waals surface area contributed by atoms with E-state index < -0.39 is 6.10 Å². The lowest BCUT2D eigenvalue weighted by Gasteiger charge is -2.07. The van der Waals surface area contributed by atoms with Gasteiger partial charge in [-0.2, -0.15) is 0 Å². The molecule has 112 valence electrons. The van der Waals surface area contributed by atoms with Crippen LogP contribution in [0.3, 0.4) is 0 Å². The molecule has 0 aromatic rings. The number of rotatable bonds is 5. The summed E-state index contributed by atoms with van der Waals surface area (Å²) >= 11 is 0. The highest BCUT2D eigenvalue weighted by molar-refractivity contribution is 5.79. The predicted molar refractivity (Wildman–Crippen MR) is 86.1 cm³/mol. The van der Waals surface area contributed by atoms with Crippen LogP contribution in [0.2, 0.25) is 0 Å². The zero-order valence-corrected chi connectivity index (χ0v) is 13.4. The van der Waals surface area contributed by atoms with Crippen molar-refractivity contribution in [1.82, 2.24) is 0 Å². The van der Waals surface area contributed by atoms with Crippen molar-refractivity contribution in [2.75, 3.05) is 0 Å². The molecule has 2 nitrogen and oxygen atoms in total. The molecule has 0 aromatic heterocycles. The molecule has 0 N–H and O–H groups in total. The van der Waals surface area contributed by atoms with Gasteiger partial charge in [-0.1, -0.05) is 37.5 Å². The molecule has 0 bridgehead atoms. The molecule has 0 saturated heterocycles. The van der Waals surface area contributed by atoms with E-state index in [1.807, 2.05) is 13.8 Å². The van der Waals surface area contributed by atoms with Gasteiger partial charge in [0.25, 0.3) is 0 Å². The van der Waals surface area contributed by atoms with Crippen molar-refractivity contribution in [3.63, 3.8) is 0 Å². The van der Waals surface area contributed by atoms with Crippen LogP contribution in [0.5, 0.6) is 0 Å². The smallest absolute Gasteiger partial charge is 0.312 e. The molecule has 0 radical (unpaired) electrons. The first-order chi connectivity index (χ1) is 9.84. The van der Waals surface area contributed by atoms with Crippen molar-refractivity contribution < 1.29 is 9.53 Å². The zero-order chi connectivity index (χ0) is 16.0. The fraction of sp³-hybridized carbons (Fsp3) is 0.526. The molecule has 0 heterocycles. The van der Waals surface area contributed by atoms with E-state index in [9.17, 15) is 4.79 Å². The first kappa shape index (κ1) is 17.1. The van der Waals surface area contributed by atoms with Crippen molar-refractivity contribution in [2.45, 2.75) is 46.6 Å². The van der Waals surface area contributed by atoms with Crippen molar-refractivity contribution in [2.24, 2.45) is 17.3 Å². The average Bonchev–Trinajstić information content (AvgIpc) is 2.93. The summed E-state index contributed by atoms with van der Waals surface area (Å²) in [5, 5.41) is 0. The number of esters is 1. The molecular formula is C19H24O2. The number of hydrogen-bond acceptors (Lipinski definition) is 2. The van der Waals surface area contributed by atoms with Gasteiger partial charge < -0.3 is 4.74 Å². The largest absolute Gasteiger partial charge is 0.437 e. The summed E-state index contributed by atoms with van der Waals surface area (Å²) in [6.45, 7) is 11.8. The second kappa shape index (κ2) is 7.19. The van der Waals surface area contributed by atoms with Crippen LogP contribution in [0.4, 0.5) is 0 Å². The second-order valence-corrected chi connectivity index (χ2v) is 6.20. The fourth-order valence-corrected chi connectivity index (χ4v) is 2.43. The molecule has 0 amide bonds. The molecule has 1 aliphatic rings. The van der Waals surface area contributed by atoms with Gasteiger partial charge in [0.15, 0.2) is 0 Å². The first-order valence-corrected chi connectivity index (χ1v) is 7.25. The van der Waals surface area contributed by atoms with Crippen LogP contribution in [-0.4, -0.2) is 12.1 Å². The molecule has 1 rings (SSSR count).